The van der Waals surface area contributed by atoms with Crippen molar-refractivity contribution in [3.05, 3.63) is 29.8 Å². The van der Waals surface area contributed by atoms with Crippen LogP contribution in [0, 0.1) is 0 Å². The van der Waals surface area contributed by atoms with E-state index in [0.717, 1.165) is 6.42 Å². The molecule has 0 amide bonds. The highest BCUT2D eigenvalue weighted by molar-refractivity contribution is 5.72. The third-order valence-electron chi connectivity index (χ3n) is 4.97. The Hall–Kier alpha value is -1.31. The monoisotopic (exact) mass is 302 g/mol. The molecule has 1 aromatic rings. The lowest BCUT2D eigenvalue weighted by molar-refractivity contribution is -0.134. The Morgan fingerprint density at radius 1 is 1.05 bits per heavy atom. The first-order valence-electron chi connectivity index (χ1n) is 9.01. The molecule has 2 rings (SSSR count). The summed E-state index contributed by atoms with van der Waals surface area (Å²) in [7, 11) is 0. The van der Waals surface area contributed by atoms with E-state index in [1.807, 2.05) is 19.1 Å². The van der Waals surface area contributed by atoms with Crippen molar-refractivity contribution in [2.45, 2.75) is 83.5 Å². The number of carbonyl (C=O) groups excluding carboxylic acids is 1. The molecule has 1 fully saturated rings. The molecule has 1 aromatic carbocycles. The zero-order valence-electron chi connectivity index (χ0n) is 14.2. The summed E-state index contributed by atoms with van der Waals surface area (Å²) >= 11 is 0. The van der Waals surface area contributed by atoms with Crippen molar-refractivity contribution in [2.75, 3.05) is 0 Å². The number of esters is 1. The zero-order valence-corrected chi connectivity index (χ0v) is 14.2. The minimum atomic E-state index is -0.131. The molecule has 0 unspecified atom stereocenters. The van der Waals surface area contributed by atoms with Crippen LogP contribution in [0.15, 0.2) is 24.3 Å². The van der Waals surface area contributed by atoms with E-state index in [2.05, 4.69) is 19.1 Å². The average molecular weight is 302 g/mol. The van der Waals surface area contributed by atoms with Crippen LogP contribution in [0.25, 0.3) is 0 Å². The number of carbonyl (C=O) groups is 1. The van der Waals surface area contributed by atoms with E-state index in [0.29, 0.717) is 17.6 Å². The highest BCUT2D eigenvalue weighted by atomic mass is 16.5. The molecule has 1 aliphatic carbocycles. The Morgan fingerprint density at radius 2 is 1.73 bits per heavy atom. The third kappa shape index (κ3) is 4.34. The van der Waals surface area contributed by atoms with Crippen molar-refractivity contribution >= 4 is 5.97 Å². The van der Waals surface area contributed by atoms with Crippen LogP contribution in [0.3, 0.4) is 0 Å². The van der Waals surface area contributed by atoms with Gasteiger partial charge in [-0.15, -0.1) is 0 Å². The molecule has 122 valence electrons. The number of ether oxygens (including phenoxy) is 1. The SMILES string of the molecule is CCCCC1(c2ccc(OC(=O)CCC)cc2)CCCCC1. The van der Waals surface area contributed by atoms with Gasteiger partial charge in [0.05, 0.1) is 0 Å². The number of benzene rings is 1. The standard InChI is InChI=1S/C20H30O2/c1-3-5-14-20(15-7-6-8-16-20)17-10-12-18(13-11-17)22-19(21)9-4-2/h10-13H,3-9,14-16H2,1-2H3. The second-order valence-electron chi connectivity index (χ2n) is 6.69. The maximum Gasteiger partial charge on any atom is 0.311 e. The fraction of sp³-hybridized carbons (Fsp3) is 0.650. The summed E-state index contributed by atoms with van der Waals surface area (Å²) in [6, 6.07) is 8.33. The van der Waals surface area contributed by atoms with Gasteiger partial charge in [0, 0.05) is 6.42 Å². The fourth-order valence-electron chi connectivity index (χ4n) is 3.69. The van der Waals surface area contributed by atoms with Gasteiger partial charge < -0.3 is 4.74 Å². The van der Waals surface area contributed by atoms with Gasteiger partial charge in [-0.05, 0) is 48.8 Å². The molecule has 0 spiro atoms. The second kappa shape index (κ2) is 8.36. The van der Waals surface area contributed by atoms with Gasteiger partial charge in [0.1, 0.15) is 5.75 Å². The van der Waals surface area contributed by atoms with Crippen LogP contribution in [0.5, 0.6) is 5.75 Å². The van der Waals surface area contributed by atoms with E-state index in [1.54, 1.807) is 0 Å². The summed E-state index contributed by atoms with van der Waals surface area (Å²) in [5.41, 5.74) is 1.80. The predicted octanol–water partition coefficient (Wildman–Crippen LogP) is 5.78. The topological polar surface area (TPSA) is 26.3 Å². The van der Waals surface area contributed by atoms with Crippen molar-refractivity contribution in [1.82, 2.24) is 0 Å². The Bertz CT molecular complexity index is 455. The van der Waals surface area contributed by atoms with Crippen molar-refractivity contribution in [2.24, 2.45) is 0 Å². The molecule has 0 atom stereocenters. The highest BCUT2D eigenvalue weighted by Crippen LogP contribution is 2.43. The lowest BCUT2D eigenvalue weighted by atomic mass is 9.67. The van der Waals surface area contributed by atoms with Gasteiger partial charge in [-0.1, -0.05) is 58.1 Å². The summed E-state index contributed by atoms with van der Waals surface area (Å²) in [4.78, 5) is 11.6. The summed E-state index contributed by atoms with van der Waals surface area (Å²) in [5, 5.41) is 0. The van der Waals surface area contributed by atoms with Crippen LogP contribution in [0.2, 0.25) is 0 Å². The normalized spacial score (nSPS) is 17.2. The molecule has 0 aromatic heterocycles. The Kier molecular flexibility index (Phi) is 6.48. The van der Waals surface area contributed by atoms with Crippen LogP contribution in [-0.2, 0) is 10.2 Å². The Morgan fingerprint density at radius 3 is 2.32 bits per heavy atom. The molecular formula is C20H30O2. The minimum absolute atomic E-state index is 0.131. The molecular weight excluding hydrogens is 272 g/mol. The Labute approximate surface area is 135 Å². The van der Waals surface area contributed by atoms with Crippen molar-refractivity contribution in [3.63, 3.8) is 0 Å². The van der Waals surface area contributed by atoms with Crippen LogP contribution in [0.1, 0.15) is 83.6 Å². The minimum Gasteiger partial charge on any atom is -0.427 e. The highest BCUT2D eigenvalue weighted by Gasteiger charge is 2.33. The molecule has 0 heterocycles. The van der Waals surface area contributed by atoms with Crippen molar-refractivity contribution < 1.29 is 9.53 Å². The molecule has 0 radical (unpaired) electrons. The third-order valence-corrected chi connectivity index (χ3v) is 4.97. The predicted molar refractivity (Wildman–Crippen MR) is 91.3 cm³/mol. The lowest BCUT2D eigenvalue weighted by Gasteiger charge is -2.38. The van der Waals surface area contributed by atoms with Crippen molar-refractivity contribution in [3.8, 4) is 5.75 Å². The fourth-order valence-corrected chi connectivity index (χ4v) is 3.69. The van der Waals surface area contributed by atoms with Gasteiger partial charge in [0.25, 0.3) is 0 Å². The van der Waals surface area contributed by atoms with Gasteiger partial charge in [-0.2, -0.15) is 0 Å². The summed E-state index contributed by atoms with van der Waals surface area (Å²) in [6.07, 6.45) is 11.8. The van der Waals surface area contributed by atoms with Gasteiger partial charge >= 0.3 is 5.97 Å². The maximum atomic E-state index is 11.6. The number of unbranched alkanes of at least 4 members (excludes halogenated alkanes) is 1. The van der Waals surface area contributed by atoms with Gasteiger partial charge in [-0.25, -0.2) is 0 Å². The number of hydrogen-bond donors (Lipinski definition) is 0. The zero-order chi connectivity index (χ0) is 15.8. The van der Waals surface area contributed by atoms with Gasteiger partial charge in [-0.3, -0.25) is 4.79 Å². The maximum absolute atomic E-state index is 11.6. The lowest BCUT2D eigenvalue weighted by Crippen LogP contribution is -2.29. The van der Waals surface area contributed by atoms with E-state index >= 15 is 0 Å². The molecule has 2 nitrogen and oxygen atoms in total. The molecule has 2 heteroatoms. The molecule has 0 bridgehead atoms. The van der Waals surface area contributed by atoms with E-state index < -0.39 is 0 Å². The summed E-state index contributed by atoms with van der Waals surface area (Å²) in [5.74, 6) is 0.553. The average Bonchev–Trinajstić information content (AvgIpc) is 2.55. The first kappa shape index (κ1) is 17.1. The first-order valence-corrected chi connectivity index (χ1v) is 9.01. The summed E-state index contributed by atoms with van der Waals surface area (Å²) < 4.78 is 5.37. The van der Waals surface area contributed by atoms with Crippen LogP contribution in [0.4, 0.5) is 0 Å². The van der Waals surface area contributed by atoms with E-state index in [1.165, 1.54) is 56.9 Å². The van der Waals surface area contributed by atoms with Crippen LogP contribution < -0.4 is 4.74 Å². The van der Waals surface area contributed by atoms with Gasteiger partial charge in [0.15, 0.2) is 0 Å². The van der Waals surface area contributed by atoms with E-state index in [9.17, 15) is 4.79 Å². The largest absolute Gasteiger partial charge is 0.427 e. The van der Waals surface area contributed by atoms with E-state index in [-0.39, 0.29) is 5.97 Å². The van der Waals surface area contributed by atoms with Crippen LogP contribution in [-0.4, -0.2) is 5.97 Å². The molecule has 1 aliphatic rings. The summed E-state index contributed by atoms with van der Waals surface area (Å²) in [6.45, 7) is 4.26. The quantitative estimate of drug-likeness (QED) is 0.471. The molecule has 0 saturated heterocycles. The number of rotatable bonds is 7. The van der Waals surface area contributed by atoms with Crippen LogP contribution >= 0.6 is 0 Å². The number of hydrogen-bond acceptors (Lipinski definition) is 2. The molecule has 22 heavy (non-hydrogen) atoms. The Balaban J connectivity index is 2.10. The van der Waals surface area contributed by atoms with Gasteiger partial charge in [0.2, 0.25) is 0 Å². The van der Waals surface area contributed by atoms with E-state index in [4.69, 9.17) is 4.74 Å². The first-order chi connectivity index (χ1) is 10.7. The second-order valence-corrected chi connectivity index (χ2v) is 6.69. The molecule has 0 N–H and O–H groups in total. The molecule has 0 aliphatic heterocycles. The smallest absolute Gasteiger partial charge is 0.311 e. The molecule has 1 saturated carbocycles. The van der Waals surface area contributed by atoms with Crippen molar-refractivity contribution in [1.29, 1.82) is 0 Å².